The molecule has 0 saturated carbocycles. The van der Waals surface area contributed by atoms with Crippen molar-refractivity contribution in [2.45, 2.75) is 126 Å². The van der Waals surface area contributed by atoms with Gasteiger partial charge in [-0.3, -0.25) is 67.1 Å². The molecular weight excluding hydrogens is 1620 g/mol. The summed E-state index contributed by atoms with van der Waals surface area (Å²) in [5.41, 5.74) is 37.9. The highest BCUT2D eigenvalue weighted by atomic mass is 16.6. The molecule has 6 aromatic rings. The summed E-state index contributed by atoms with van der Waals surface area (Å²) in [4.78, 5) is 179. The highest BCUT2D eigenvalue weighted by Gasteiger charge is 2.27. The number of esters is 14. The molecule has 0 aliphatic rings. The van der Waals surface area contributed by atoms with Gasteiger partial charge >= 0.3 is 83.6 Å². The van der Waals surface area contributed by atoms with Gasteiger partial charge < -0.3 is 142 Å². The highest BCUT2D eigenvalue weighted by Crippen LogP contribution is 2.34. The fraction of sp³-hybridized carbons (Fsp3) is 0.375. The molecule has 6 aromatic carbocycles. The van der Waals surface area contributed by atoms with Gasteiger partial charge in [-0.05, 0) is 145 Å². The van der Waals surface area contributed by atoms with Crippen LogP contribution in [0, 0.1) is 0 Å². The van der Waals surface area contributed by atoms with Crippen LogP contribution in [0.1, 0.15) is 84.7 Å². The van der Waals surface area contributed by atoms with Crippen LogP contribution in [0.3, 0.4) is 0 Å². The summed E-state index contributed by atoms with van der Waals surface area (Å²) in [5, 5.41) is 77.1. The third-order valence-electron chi connectivity index (χ3n) is 16.7. The molecule has 658 valence electrons. The number of ether oxygens (including phenoxy) is 14. The van der Waals surface area contributed by atoms with Crippen LogP contribution < -0.4 is 53.3 Å². The van der Waals surface area contributed by atoms with Gasteiger partial charge in [0.25, 0.3) is 0 Å². The normalized spacial score (nSPS) is 12.3. The summed E-state index contributed by atoms with van der Waals surface area (Å²) >= 11 is 0. The summed E-state index contributed by atoms with van der Waals surface area (Å²) in [6.07, 6.45) is -5.85. The number of aromatic hydroxyl groups is 8. The Bertz CT molecular complexity index is 4400. The zero-order valence-electron chi connectivity index (χ0n) is 65.3. The van der Waals surface area contributed by atoms with Gasteiger partial charge in [0, 0.05) is 0 Å². The van der Waals surface area contributed by atoms with Crippen LogP contribution in [0.25, 0.3) is 0 Å². The average molecular weight is 1710 g/mol. The van der Waals surface area contributed by atoms with Crippen LogP contribution in [-0.4, -0.2) is 227 Å². The average Bonchev–Trinajstić information content (AvgIpc) is 0.841. The van der Waals surface area contributed by atoms with Crippen LogP contribution in [0.5, 0.6) is 69.0 Å². The zero-order valence-corrected chi connectivity index (χ0v) is 65.3. The van der Waals surface area contributed by atoms with E-state index in [4.69, 9.17) is 101 Å². The van der Waals surface area contributed by atoms with E-state index in [1.54, 1.807) is 0 Å². The van der Waals surface area contributed by atoms with Crippen molar-refractivity contribution in [3.63, 3.8) is 0 Å². The first-order chi connectivity index (χ1) is 58.0. The molecule has 122 heavy (non-hydrogen) atoms. The number of phenols is 8. The van der Waals surface area contributed by atoms with Gasteiger partial charge in [-0.1, -0.05) is 36.4 Å². The largest absolute Gasteiger partial charge is 0.504 e. The standard InChI is InChI=1S/C80H92N6O36/c81-49(31-43-1-7-55(87)59(91)37-43)75(103)113-25-21-109-67(95)13-17-71(99)119-63-11-5-47(41-65(63)121-73(101)19-15-69(97)111-23-27-115-77(105)51(83)33-45-3-9-57(89)61(93)39-45)35-53(85)79(107)117-29-30-118-80(108)54(86)36-48-6-12-64(120-72(100)18-14-68(96)110-22-26-114-76(104)50(82)32-44-2-8-56(88)60(92)38-44)66(42-48)122-74(102)20-16-70(98)112-24-28-116-78(106)52(84)34-46-4-10-58(90)62(94)40-46/h1-12,37-42,49-54,87-94H,13-36,81-86H2/t49-,50-,51-,52-,53-,54-/m0/s1. The SMILES string of the molecule is N[C@@H](Cc1ccc(O)c(O)c1)C(=O)OCCOC(=O)CCC(=O)Oc1ccc(C[C@H](N)C(=O)OCCOC(=O)[C@@H](N)Cc2ccc(OC(=O)CCC(=O)OCCOC(=O)[C@@H](N)Cc3ccc(O)c(O)c3)c(OC(=O)CCC(=O)OCCOC(=O)[C@@H](N)Cc3ccc(O)c(O)c3)c2)cc1OC(=O)CCC(=O)OCCOC(=O)[C@@H](N)Cc1ccc(O)c(O)c1. The van der Waals surface area contributed by atoms with Crippen LogP contribution in [-0.2, 0) is 153 Å². The molecule has 6 atom stereocenters. The summed E-state index contributed by atoms with van der Waals surface area (Å²) in [7, 11) is 0. The number of phenolic OH excluding ortho intramolecular Hbond substituents is 8. The van der Waals surface area contributed by atoms with E-state index in [2.05, 4.69) is 0 Å². The van der Waals surface area contributed by atoms with E-state index in [-0.39, 0.29) is 72.6 Å². The Hall–Kier alpha value is -13.9. The second-order valence-electron chi connectivity index (χ2n) is 26.5. The molecule has 0 spiro atoms. The van der Waals surface area contributed by atoms with Crippen molar-refractivity contribution < 1.29 is 174 Å². The Morgan fingerprint density at radius 1 is 0.205 bits per heavy atom. The first kappa shape index (κ1) is 96.9. The van der Waals surface area contributed by atoms with Gasteiger partial charge in [-0.2, -0.15) is 0 Å². The van der Waals surface area contributed by atoms with E-state index in [0.717, 1.165) is 24.3 Å². The van der Waals surface area contributed by atoms with Gasteiger partial charge in [0.2, 0.25) is 0 Å². The maximum absolute atomic E-state index is 13.2. The summed E-state index contributed by atoms with van der Waals surface area (Å²) in [6, 6.07) is 14.8. The Morgan fingerprint density at radius 3 is 0.566 bits per heavy atom. The predicted octanol–water partition coefficient (Wildman–Crippen LogP) is 0.226. The van der Waals surface area contributed by atoms with E-state index in [9.17, 15) is 108 Å². The van der Waals surface area contributed by atoms with Crippen LogP contribution in [0.2, 0.25) is 0 Å². The van der Waals surface area contributed by atoms with Crippen LogP contribution in [0.15, 0.2) is 109 Å². The first-order valence-corrected chi connectivity index (χ1v) is 37.3. The summed E-state index contributed by atoms with van der Waals surface area (Å²) in [5.74, 6) is -18.7. The molecule has 42 nitrogen and oxygen atoms in total. The fourth-order valence-electron chi connectivity index (χ4n) is 10.4. The molecule has 0 bridgehead atoms. The molecule has 0 radical (unpaired) electrons. The molecule has 0 aliphatic heterocycles. The van der Waals surface area contributed by atoms with E-state index >= 15 is 0 Å². The van der Waals surface area contributed by atoms with Crippen molar-refractivity contribution >= 4 is 83.6 Å². The van der Waals surface area contributed by atoms with Gasteiger partial charge in [-0.15, -0.1) is 0 Å². The van der Waals surface area contributed by atoms with Crippen molar-refractivity contribution in [3.05, 3.63) is 143 Å². The monoisotopic (exact) mass is 1710 g/mol. The summed E-state index contributed by atoms with van der Waals surface area (Å²) < 4.78 is 72.6. The Labute approximate surface area is 693 Å². The van der Waals surface area contributed by atoms with Crippen molar-refractivity contribution in [2.75, 3.05) is 66.1 Å². The quantitative estimate of drug-likeness (QED) is 0.00799. The molecule has 0 amide bonds. The van der Waals surface area contributed by atoms with Gasteiger partial charge in [0.05, 0.1) is 51.4 Å². The fourth-order valence-corrected chi connectivity index (χ4v) is 10.4. The number of carbonyl (C=O) groups is 14. The van der Waals surface area contributed by atoms with E-state index in [1.807, 2.05) is 0 Å². The van der Waals surface area contributed by atoms with Gasteiger partial charge in [-0.25, -0.2) is 0 Å². The van der Waals surface area contributed by atoms with Gasteiger partial charge in [0.15, 0.2) is 69.0 Å². The Kier molecular flexibility index (Phi) is 39.3. The van der Waals surface area contributed by atoms with Crippen molar-refractivity contribution in [1.82, 2.24) is 0 Å². The Morgan fingerprint density at radius 2 is 0.369 bits per heavy atom. The maximum atomic E-state index is 13.2. The molecular formula is C80H92N6O36. The molecule has 0 unspecified atom stereocenters. The van der Waals surface area contributed by atoms with E-state index in [0.29, 0.717) is 22.3 Å². The molecule has 6 rings (SSSR count). The summed E-state index contributed by atoms with van der Waals surface area (Å²) in [6.45, 7) is -4.74. The number of rotatable bonds is 49. The maximum Gasteiger partial charge on any atom is 0.323 e. The molecule has 42 heteroatoms. The molecule has 0 heterocycles. The van der Waals surface area contributed by atoms with E-state index < -0.39 is 283 Å². The third-order valence-corrected chi connectivity index (χ3v) is 16.7. The lowest BCUT2D eigenvalue weighted by atomic mass is 10.1. The highest BCUT2D eigenvalue weighted by molar-refractivity contribution is 5.85. The van der Waals surface area contributed by atoms with Crippen molar-refractivity contribution in [2.24, 2.45) is 34.4 Å². The number of benzene rings is 6. The van der Waals surface area contributed by atoms with Gasteiger partial charge in [0.1, 0.15) is 102 Å². The lowest BCUT2D eigenvalue weighted by molar-refractivity contribution is -0.154. The molecule has 0 aliphatic carbocycles. The minimum absolute atomic E-state index is 0.0746. The topological polar surface area (TPSA) is 686 Å². The van der Waals surface area contributed by atoms with Crippen LogP contribution >= 0.6 is 0 Å². The first-order valence-electron chi connectivity index (χ1n) is 37.3. The van der Waals surface area contributed by atoms with Crippen LogP contribution in [0.4, 0.5) is 0 Å². The second-order valence-corrected chi connectivity index (χ2v) is 26.5. The predicted molar refractivity (Wildman–Crippen MR) is 411 cm³/mol. The molecule has 0 aromatic heterocycles. The van der Waals surface area contributed by atoms with Crippen molar-refractivity contribution in [1.29, 1.82) is 0 Å². The second kappa shape index (κ2) is 49.4. The number of nitrogens with two attached hydrogens (primary N) is 6. The number of carbonyl (C=O) groups excluding carboxylic acids is 14. The number of hydrogen-bond acceptors (Lipinski definition) is 42. The smallest absolute Gasteiger partial charge is 0.323 e. The molecule has 0 saturated heterocycles. The lowest BCUT2D eigenvalue weighted by Crippen LogP contribution is -2.37. The zero-order chi connectivity index (χ0) is 89.5. The molecule has 0 fully saturated rings. The minimum atomic E-state index is -1.48. The van der Waals surface area contributed by atoms with Crippen molar-refractivity contribution in [3.8, 4) is 69.0 Å². The minimum Gasteiger partial charge on any atom is -0.504 e. The number of hydrogen-bond donors (Lipinski definition) is 14. The third kappa shape index (κ3) is 34.9. The molecule has 20 N–H and O–H groups in total. The Balaban J connectivity index is 1.00. The van der Waals surface area contributed by atoms with E-state index in [1.165, 1.54) is 84.9 Å². The lowest BCUT2D eigenvalue weighted by Gasteiger charge is -2.16.